The Balaban J connectivity index is 2.13. The number of benzene rings is 1. The van der Waals surface area contributed by atoms with Crippen LogP contribution in [-0.4, -0.2) is 23.1 Å². The van der Waals surface area contributed by atoms with Crippen LogP contribution in [0.2, 0.25) is 0 Å². The molecule has 17 heavy (non-hydrogen) atoms. The Labute approximate surface area is 97.8 Å². The second-order valence-corrected chi connectivity index (χ2v) is 3.98. The van der Waals surface area contributed by atoms with E-state index in [2.05, 4.69) is 10.6 Å². The highest BCUT2D eigenvalue weighted by atomic mass is 16.4. The van der Waals surface area contributed by atoms with Crippen LogP contribution in [-0.2, 0) is 0 Å². The Kier molecular flexibility index (Phi) is 2.86. The Bertz CT molecular complexity index is 469. The molecule has 1 aliphatic carbocycles. The second-order valence-electron chi connectivity index (χ2n) is 3.98. The monoisotopic (exact) mass is 235 g/mol. The lowest BCUT2D eigenvalue weighted by molar-refractivity contribution is 0.0698. The van der Waals surface area contributed by atoms with Gasteiger partial charge < -0.3 is 21.5 Å². The summed E-state index contributed by atoms with van der Waals surface area (Å²) in [5.41, 5.74) is 6.06. The van der Waals surface area contributed by atoms with E-state index < -0.39 is 5.97 Å². The average molecular weight is 235 g/mol. The van der Waals surface area contributed by atoms with Gasteiger partial charge in [0.1, 0.15) is 0 Å². The third-order valence-corrected chi connectivity index (χ3v) is 2.43. The standard InChI is InChI=1S/C11H13N3O3/c12-6-1-4-9(8(5-6)10(15)16)14-11(17)13-7-2-3-7/h1,4-5,7H,2-3,12H2,(H,15,16)(H2,13,14,17). The van der Waals surface area contributed by atoms with Crippen molar-refractivity contribution in [2.24, 2.45) is 0 Å². The third kappa shape index (κ3) is 2.87. The first-order valence-electron chi connectivity index (χ1n) is 5.26. The Hall–Kier alpha value is -2.24. The van der Waals surface area contributed by atoms with Crippen molar-refractivity contribution >= 4 is 23.4 Å². The van der Waals surface area contributed by atoms with Crippen molar-refractivity contribution in [1.82, 2.24) is 5.32 Å². The van der Waals surface area contributed by atoms with Gasteiger partial charge in [0.2, 0.25) is 0 Å². The third-order valence-electron chi connectivity index (χ3n) is 2.43. The summed E-state index contributed by atoms with van der Waals surface area (Å²) < 4.78 is 0. The number of nitrogens with one attached hydrogen (secondary N) is 2. The second kappa shape index (κ2) is 4.32. The van der Waals surface area contributed by atoms with Crippen LogP contribution >= 0.6 is 0 Å². The molecule has 0 saturated heterocycles. The minimum absolute atomic E-state index is 0.0176. The molecule has 0 radical (unpaired) electrons. The molecule has 1 fully saturated rings. The minimum Gasteiger partial charge on any atom is -0.478 e. The highest BCUT2D eigenvalue weighted by Gasteiger charge is 2.23. The molecule has 2 amide bonds. The van der Waals surface area contributed by atoms with Gasteiger partial charge in [-0.1, -0.05) is 0 Å². The molecule has 0 aromatic heterocycles. The SMILES string of the molecule is Nc1ccc(NC(=O)NC2CC2)c(C(=O)O)c1. The van der Waals surface area contributed by atoms with Crippen molar-refractivity contribution in [3.63, 3.8) is 0 Å². The highest BCUT2D eigenvalue weighted by molar-refractivity contribution is 6.00. The van der Waals surface area contributed by atoms with Crippen LogP contribution in [0.5, 0.6) is 0 Å². The number of anilines is 2. The number of hydrogen-bond acceptors (Lipinski definition) is 3. The maximum atomic E-state index is 11.5. The molecule has 0 atom stereocenters. The van der Waals surface area contributed by atoms with E-state index in [9.17, 15) is 9.59 Å². The molecule has 0 heterocycles. The normalized spacial score (nSPS) is 14.1. The zero-order valence-electron chi connectivity index (χ0n) is 9.06. The smallest absolute Gasteiger partial charge is 0.337 e. The van der Waals surface area contributed by atoms with Gasteiger partial charge in [-0.3, -0.25) is 0 Å². The maximum absolute atomic E-state index is 11.5. The topological polar surface area (TPSA) is 104 Å². The van der Waals surface area contributed by atoms with E-state index in [1.165, 1.54) is 12.1 Å². The first kappa shape index (κ1) is 11.3. The summed E-state index contributed by atoms with van der Waals surface area (Å²) in [5, 5.41) is 14.2. The van der Waals surface area contributed by atoms with E-state index in [-0.39, 0.29) is 23.3 Å². The summed E-state index contributed by atoms with van der Waals surface area (Å²) in [6.45, 7) is 0. The molecular formula is C11H13N3O3. The van der Waals surface area contributed by atoms with E-state index in [1.807, 2.05) is 0 Å². The lowest BCUT2D eigenvalue weighted by Crippen LogP contribution is -2.31. The Morgan fingerprint density at radius 2 is 2.06 bits per heavy atom. The molecule has 90 valence electrons. The molecule has 6 heteroatoms. The fraction of sp³-hybridized carbons (Fsp3) is 0.273. The predicted molar refractivity (Wildman–Crippen MR) is 63.0 cm³/mol. The molecular weight excluding hydrogens is 222 g/mol. The number of nitrogen functional groups attached to an aromatic ring is 1. The van der Waals surface area contributed by atoms with E-state index in [4.69, 9.17) is 10.8 Å². The largest absolute Gasteiger partial charge is 0.478 e. The van der Waals surface area contributed by atoms with Crippen molar-refractivity contribution in [3.8, 4) is 0 Å². The number of hydrogen-bond donors (Lipinski definition) is 4. The van der Waals surface area contributed by atoms with E-state index in [0.29, 0.717) is 5.69 Å². The summed E-state index contributed by atoms with van der Waals surface area (Å²) in [5.74, 6) is -1.13. The molecule has 1 aliphatic rings. The molecule has 1 aromatic carbocycles. The van der Waals surface area contributed by atoms with E-state index in [0.717, 1.165) is 12.8 Å². The van der Waals surface area contributed by atoms with Gasteiger partial charge in [0, 0.05) is 11.7 Å². The number of carbonyl (C=O) groups is 2. The number of carboxylic acids is 1. The van der Waals surface area contributed by atoms with Crippen molar-refractivity contribution in [3.05, 3.63) is 23.8 Å². The predicted octanol–water partition coefficient (Wildman–Crippen LogP) is 1.25. The first-order chi connectivity index (χ1) is 8.06. The van der Waals surface area contributed by atoms with Crippen LogP contribution in [0.3, 0.4) is 0 Å². The lowest BCUT2D eigenvalue weighted by atomic mass is 10.1. The highest BCUT2D eigenvalue weighted by Crippen LogP contribution is 2.21. The molecule has 1 aromatic rings. The number of urea groups is 1. The lowest BCUT2D eigenvalue weighted by Gasteiger charge is -2.09. The van der Waals surface area contributed by atoms with Gasteiger partial charge >= 0.3 is 12.0 Å². The maximum Gasteiger partial charge on any atom is 0.337 e. The van der Waals surface area contributed by atoms with Crippen LogP contribution in [0, 0.1) is 0 Å². The van der Waals surface area contributed by atoms with E-state index >= 15 is 0 Å². The van der Waals surface area contributed by atoms with Crippen molar-refractivity contribution in [1.29, 1.82) is 0 Å². The molecule has 0 spiro atoms. The number of nitrogens with two attached hydrogens (primary N) is 1. The zero-order valence-corrected chi connectivity index (χ0v) is 9.06. The fourth-order valence-electron chi connectivity index (χ4n) is 1.42. The van der Waals surface area contributed by atoms with Crippen molar-refractivity contribution in [2.75, 3.05) is 11.1 Å². The van der Waals surface area contributed by atoms with Gasteiger partial charge in [0.05, 0.1) is 11.3 Å². The molecule has 6 nitrogen and oxygen atoms in total. The number of rotatable bonds is 3. The van der Waals surface area contributed by atoms with Gasteiger partial charge in [0.25, 0.3) is 0 Å². The van der Waals surface area contributed by atoms with Crippen LogP contribution in [0.4, 0.5) is 16.2 Å². The van der Waals surface area contributed by atoms with Crippen LogP contribution in [0.15, 0.2) is 18.2 Å². The number of carboxylic acid groups (broad SMARTS) is 1. The quantitative estimate of drug-likeness (QED) is 0.592. The van der Waals surface area contributed by atoms with Gasteiger partial charge in [-0.05, 0) is 31.0 Å². The van der Waals surface area contributed by atoms with Gasteiger partial charge in [-0.2, -0.15) is 0 Å². The van der Waals surface area contributed by atoms with Gasteiger partial charge in [-0.25, -0.2) is 9.59 Å². The van der Waals surface area contributed by atoms with Gasteiger partial charge in [-0.15, -0.1) is 0 Å². The van der Waals surface area contributed by atoms with E-state index in [1.54, 1.807) is 6.07 Å². The van der Waals surface area contributed by atoms with Crippen LogP contribution in [0.25, 0.3) is 0 Å². The number of aromatic carboxylic acids is 1. The fourth-order valence-corrected chi connectivity index (χ4v) is 1.42. The van der Waals surface area contributed by atoms with Crippen molar-refractivity contribution in [2.45, 2.75) is 18.9 Å². The van der Waals surface area contributed by atoms with Gasteiger partial charge in [0.15, 0.2) is 0 Å². The molecule has 0 aliphatic heterocycles. The van der Waals surface area contributed by atoms with Crippen LogP contribution in [0.1, 0.15) is 23.2 Å². The summed E-state index contributed by atoms with van der Waals surface area (Å²) in [6, 6.07) is 4.16. The summed E-state index contributed by atoms with van der Waals surface area (Å²) in [7, 11) is 0. The van der Waals surface area contributed by atoms with Crippen LogP contribution < -0.4 is 16.4 Å². The Morgan fingerprint density at radius 1 is 1.35 bits per heavy atom. The average Bonchev–Trinajstić information content (AvgIpc) is 3.04. The summed E-state index contributed by atoms with van der Waals surface area (Å²) >= 11 is 0. The Morgan fingerprint density at radius 3 is 2.65 bits per heavy atom. The molecule has 0 bridgehead atoms. The minimum atomic E-state index is -1.13. The number of amides is 2. The summed E-state index contributed by atoms with van der Waals surface area (Å²) in [4.78, 5) is 22.4. The molecule has 5 N–H and O–H groups in total. The van der Waals surface area contributed by atoms with Crippen molar-refractivity contribution < 1.29 is 14.7 Å². The molecule has 0 unspecified atom stereocenters. The zero-order chi connectivity index (χ0) is 12.4. The molecule has 2 rings (SSSR count). The first-order valence-corrected chi connectivity index (χ1v) is 5.26. The molecule has 1 saturated carbocycles. The number of carbonyl (C=O) groups excluding carboxylic acids is 1. The summed E-state index contributed by atoms with van der Waals surface area (Å²) in [6.07, 6.45) is 1.95.